The van der Waals surface area contributed by atoms with E-state index >= 15 is 0 Å². The van der Waals surface area contributed by atoms with Gasteiger partial charge in [0.2, 0.25) is 0 Å². The summed E-state index contributed by atoms with van der Waals surface area (Å²) in [5, 5.41) is 8.53. The number of amides is 2. The van der Waals surface area contributed by atoms with Crippen molar-refractivity contribution in [3.63, 3.8) is 0 Å². The average molecular weight is 532 g/mol. The second-order valence-electron chi connectivity index (χ2n) is 9.71. The van der Waals surface area contributed by atoms with Crippen molar-refractivity contribution in [3.8, 4) is 5.75 Å². The summed E-state index contributed by atoms with van der Waals surface area (Å²) in [6, 6.07) is 13.4. The molecule has 1 fully saturated rings. The summed E-state index contributed by atoms with van der Waals surface area (Å²) >= 11 is 1.49. The molecule has 3 aromatic heterocycles. The summed E-state index contributed by atoms with van der Waals surface area (Å²) in [5.41, 5.74) is 4.17. The van der Waals surface area contributed by atoms with Crippen molar-refractivity contribution in [1.29, 1.82) is 0 Å². The number of ether oxygens (including phenoxy) is 1. The van der Waals surface area contributed by atoms with Crippen molar-refractivity contribution in [3.05, 3.63) is 75.6 Å². The third kappa shape index (κ3) is 5.15. The zero-order chi connectivity index (χ0) is 26.8. The first-order chi connectivity index (χ1) is 18.4. The van der Waals surface area contributed by atoms with Crippen LogP contribution in [-0.2, 0) is 13.6 Å². The summed E-state index contributed by atoms with van der Waals surface area (Å²) in [6.07, 6.45) is 1.53. The van der Waals surface area contributed by atoms with Gasteiger partial charge in [0.15, 0.2) is 0 Å². The number of carbonyl (C=O) groups is 2. The number of benzene rings is 1. The zero-order valence-electron chi connectivity index (χ0n) is 22.3. The Balaban J connectivity index is 1.27. The van der Waals surface area contributed by atoms with E-state index in [2.05, 4.69) is 10.4 Å². The molecular weight excluding hydrogens is 498 g/mol. The maximum absolute atomic E-state index is 13.3. The smallest absolute Gasteiger partial charge is 0.264 e. The van der Waals surface area contributed by atoms with Gasteiger partial charge in [-0.1, -0.05) is 18.2 Å². The maximum Gasteiger partial charge on any atom is 0.264 e. The fraction of sp³-hybridized carbons (Fsp3) is 0.379. The van der Waals surface area contributed by atoms with Crippen LogP contribution in [0.1, 0.15) is 68.4 Å². The Kier molecular flexibility index (Phi) is 7.46. The molecule has 0 atom stereocenters. The van der Waals surface area contributed by atoms with E-state index in [0.717, 1.165) is 56.3 Å². The van der Waals surface area contributed by atoms with Gasteiger partial charge in [0.05, 0.1) is 28.4 Å². The van der Waals surface area contributed by atoms with Crippen LogP contribution < -0.4 is 10.1 Å². The van der Waals surface area contributed by atoms with Crippen molar-refractivity contribution >= 4 is 33.4 Å². The van der Waals surface area contributed by atoms with Gasteiger partial charge >= 0.3 is 0 Å². The van der Waals surface area contributed by atoms with Gasteiger partial charge in [-0.05, 0) is 57.9 Å². The molecule has 4 aromatic rings. The Morgan fingerprint density at radius 2 is 1.89 bits per heavy atom. The standard InChI is InChI=1S/C29H33N5O3S/c1-5-37-24-9-7-6-8-21(24)17-30-27(35)22-11-10-18(2)31-26(22)20-12-14-34(15-13-20)28(36)25-16-23-19(3)32-33(4)29(23)38-25/h6-11,16,20H,5,12-15,17H2,1-4H3,(H,30,35). The molecule has 4 heterocycles. The summed E-state index contributed by atoms with van der Waals surface area (Å²) in [4.78, 5) is 35.0. The number of aromatic nitrogens is 3. The lowest BCUT2D eigenvalue weighted by Crippen LogP contribution is -2.38. The molecule has 198 valence electrons. The Labute approximate surface area is 226 Å². The molecule has 1 aliphatic rings. The number of rotatable bonds is 7. The van der Waals surface area contributed by atoms with E-state index in [-0.39, 0.29) is 17.7 Å². The predicted octanol–water partition coefficient (Wildman–Crippen LogP) is 5.00. The van der Waals surface area contributed by atoms with Gasteiger partial charge in [-0.25, -0.2) is 0 Å². The van der Waals surface area contributed by atoms with Gasteiger partial charge in [-0.15, -0.1) is 11.3 Å². The average Bonchev–Trinajstić information content (AvgIpc) is 3.48. The first-order valence-electron chi connectivity index (χ1n) is 13.0. The van der Waals surface area contributed by atoms with Crippen molar-refractivity contribution in [1.82, 2.24) is 25.0 Å². The van der Waals surface area contributed by atoms with Crippen LogP contribution in [0.2, 0.25) is 0 Å². The monoisotopic (exact) mass is 531 g/mol. The zero-order valence-corrected chi connectivity index (χ0v) is 23.1. The second-order valence-corrected chi connectivity index (χ2v) is 10.7. The normalized spacial score (nSPS) is 14.2. The van der Waals surface area contributed by atoms with Crippen LogP contribution in [-0.4, -0.2) is 51.2 Å². The highest BCUT2D eigenvalue weighted by atomic mass is 32.1. The number of para-hydroxylation sites is 1. The summed E-state index contributed by atoms with van der Waals surface area (Å²) in [6.45, 7) is 8.06. The molecule has 0 spiro atoms. The van der Waals surface area contributed by atoms with Crippen LogP contribution in [0, 0.1) is 13.8 Å². The SMILES string of the molecule is CCOc1ccccc1CNC(=O)c1ccc(C)nc1C1CCN(C(=O)c2cc3c(C)nn(C)c3s2)CC1. The number of pyridine rings is 1. The van der Waals surface area contributed by atoms with E-state index in [9.17, 15) is 9.59 Å². The number of hydrogen-bond donors (Lipinski definition) is 1. The van der Waals surface area contributed by atoms with Crippen molar-refractivity contribution in [2.75, 3.05) is 19.7 Å². The highest BCUT2D eigenvalue weighted by Crippen LogP contribution is 2.33. The number of fused-ring (bicyclic) bond motifs is 1. The fourth-order valence-electron chi connectivity index (χ4n) is 5.12. The largest absolute Gasteiger partial charge is 0.494 e. The van der Waals surface area contributed by atoms with Crippen LogP contribution in [0.15, 0.2) is 42.5 Å². The molecule has 0 saturated carbocycles. The number of hydrogen-bond acceptors (Lipinski definition) is 6. The molecule has 1 N–H and O–H groups in total. The number of nitrogens with one attached hydrogen (secondary N) is 1. The van der Waals surface area contributed by atoms with Gasteiger partial charge in [0.25, 0.3) is 11.8 Å². The quantitative estimate of drug-likeness (QED) is 0.363. The van der Waals surface area contributed by atoms with E-state index in [4.69, 9.17) is 9.72 Å². The number of piperidine rings is 1. The predicted molar refractivity (Wildman–Crippen MR) is 149 cm³/mol. The molecule has 0 unspecified atom stereocenters. The van der Waals surface area contributed by atoms with Crippen LogP contribution in [0.3, 0.4) is 0 Å². The molecule has 1 aliphatic heterocycles. The molecule has 0 radical (unpaired) electrons. The maximum atomic E-state index is 13.3. The fourth-order valence-corrected chi connectivity index (χ4v) is 6.21. The van der Waals surface area contributed by atoms with E-state index < -0.39 is 0 Å². The molecule has 2 amide bonds. The number of likely N-dealkylation sites (tertiary alicyclic amines) is 1. The van der Waals surface area contributed by atoms with Crippen LogP contribution in [0.25, 0.3) is 10.2 Å². The summed E-state index contributed by atoms with van der Waals surface area (Å²) in [7, 11) is 1.91. The van der Waals surface area contributed by atoms with E-state index in [1.165, 1.54) is 11.3 Å². The van der Waals surface area contributed by atoms with E-state index in [1.807, 2.05) is 79.9 Å². The molecule has 0 aliphatic carbocycles. The minimum atomic E-state index is -0.147. The lowest BCUT2D eigenvalue weighted by atomic mass is 9.89. The minimum absolute atomic E-state index is 0.0622. The Morgan fingerprint density at radius 3 is 2.63 bits per heavy atom. The molecule has 1 aromatic carbocycles. The van der Waals surface area contributed by atoms with E-state index in [0.29, 0.717) is 31.8 Å². The van der Waals surface area contributed by atoms with Crippen molar-refractivity contribution in [2.24, 2.45) is 7.05 Å². The Morgan fingerprint density at radius 1 is 1.13 bits per heavy atom. The molecule has 1 saturated heterocycles. The van der Waals surface area contributed by atoms with Gasteiger partial charge in [0.1, 0.15) is 10.6 Å². The number of thiophene rings is 1. The molecular formula is C29H33N5O3S. The Bertz CT molecular complexity index is 1450. The molecule has 5 rings (SSSR count). The molecule has 38 heavy (non-hydrogen) atoms. The highest BCUT2D eigenvalue weighted by molar-refractivity contribution is 7.20. The summed E-state index contributed by atoms with van der Waals surface area (Å²) in [5.74, 6) is 0.808. The third-order valence-electron chi connectivity index (χ3n) is 7.10. The highest BCUT2D eigenvalue weighted by Gasteiger charge is 2.29. The second kappa shape index (κ2) is 10.9. The number of carbonyl (C=O) groups excluding carboxylic acids is 2. The lowest BCUT2D eigenvalue weighted by molar-refractivity contribution is 0.0715. The molecule has 0 bridgehead atoms. The third-order valence-corrected chi connectivity index (χ3v) is 8.29. The van der Waals surface area contributed by atoms with Crippen molar-refractivity contribution < 1.29 is 14.3 Å². The van der Waals surface area contributed by atoms with E-state index in [1.54, 1.807) is 0 Å². The topological polar surface area (TPSA) is 89.3 Å². The minimum Gasteiger partial charge on any atom is -0.494 e. The summed E-state index contributed by atoms with van der Waals surface area (Å²) < 4.78 is 7.53. The van der Waals surface area contributed by atoms with Gasteiger partial charge < -0.3 is 15.0 Å². The van der Waals surface area contributed by atoms with Gasteiger partial charge in [-0.3, -0.25) is 19.3 Å². The number of nitrogens with zero attached hydrogens (tertiary/aromatic N) is 4. The van der Waals surface area contributed by atoms with Gasteiger partial charge in [0, 0.05) is 49.2 Å². The van der Waals surface area contributed by atoms with Crippen LogP contribution >= 0.6 is 11.3 Å². The van der Waals surface area contributed by atoms with Crippen LogP contribution in [0.4, 0.5) is 0 Å². The van der Waals surface area contributed by atoms with Crippen molar-refractivity contribution in [2.45, 2.75) is 46.1 Å². The number of aryl methyl sites for hydroxylation is 3. The molecule has 8 nitrogen and oxygen atoms in total. The van der Waals surface area contributed by atoms with Gasteiger partial charge in [-0.2, -0.15) is 5.10 Å². The molecule has 9 heteroatoms. The lowest BCUT2D eigenvalue weighted by Gasteiger charge is -2.32. The van der Waals surface area contributed by atoms with Crippen LogP contribution in [0.5, 0.6) is 5.75 Å². The first kappa shape index (κ1) is 25.9. The Hall–Kier alpha value is -3.72. The first-order valence-corrected chi connectivity index (χ1v) is 13.9.